The quantitative estimate of drug-likeness (QED) is 0.408. The molecule has 13 heavy (non-hydrogen) atoms. The number of H-pyrrole nitrogens is 1. The van der Waals surface area contributed by atoms with E-state index < -0.39 is 11.1 Å². The Hall–Kier alpha value is -0.690. The minimum atomic E-state index is -0.750. The van der Waals surface area contributed by atoms with Crippen molar-refractivity contribution in [3.63, 3.8) is 0 Å². The SMILES string of the molecule is Cn1[nH]c(=O)c(=O)nc1SCCS. The molecule has 0 saturated heterocycles. The first-order valence-corrected chi connectivity index (χ1v) is 5.18. The van der Waals surface area contributed by atoms with E-state index in [-0.39, 0.29) is 0 Å². The maximum Gasteiger partial charge on any atom is 0.339 e. The van der Waals surface area contributed by atoms with Crippen molar-refractivity contribution in [1.29, 1.82) is 0 Å². The highest BCUT2D eigenvalue weighted by atomic mass is 32.2. The molecule has 0 aliphatic carbocycles. The summed E-state index contributed by atoms with van der Waals surface area (Å²) >= 11 is 5.40. The summed E-state index contributed by atoms with van der Waals surface area (Å²) in [5.41, 5.74) is -1.45. The van der Waals surface area contributed by atoms with Crippen molar-refractivity contribution < 1.29 is 0 Å². The van der Waals surface area contributed by atoms with Gasteiger partial charge in [0.25, 0.3) is 0 Å². The van der Waals surface area contributed by atoms with Crippen molar-refractivity contribution in [2.24, 2.45) is 7.05 Å². The predicted octanol–water partition coefficient (Wildman–Crippen LogP) is -0.510. The van der Waals surface area contributed by atoms with Crippen molar-refractivity contribution in [2.75, 3.05) is 11.5 Å². The Morgan fingerprint density at radius 2 is 2.31 bits per heavy atom. The minimum absolute atomic E-state index is 0.499. The number of nitrogens with zero attached hydrogens (tertiary/aromatic N) is 2. The van der Waals surface area contributed by atoms with Gasteiger partial charge in [-0.25, -0.2) is 0 Å². The third-order valence-electron chi connectivity index (χ3n) is 1.27. The highest BCUT2D eigenvalue weighted by Crippen LogP contribution is 2.10. The molecule has 0 amide bonds. The standard InChI is InChI=1S/C6H9N3O2S2/c1-9-6(13-3-2-12)7-4(10)5(11)8-9/h12H,2-3H2,1H3,(H,8,11). The van der Waals surface area contributed by atoms with Gasteiger partial charge < -0.3 is 0 Å². The van der Waals surface area contributed by atoms with Gasteiger partial charge in [0, 0.05) is 12.8 Å². The smallest absolute Gasteiger partial charge is 0.265 e. The maximum atomic E-state index is 10.9. The number of thiol groups is 1. The average Bonchev–Trinajstić information content (AvgIpc) is 2.09. The van der Waals surface area contributed by atoms with Crippen molar-refractivity contribution >= 4 is 24.4 Å². The lowest BCUT2D eigenvalue weighted by atomic mass is 10.8. The second kappa shape index (κ2) is 4.52. The molecule has 1 aromatic heterocycles. The van der Waals surface area contributed by atoms with Crippen molar-refractivity contribution in [2.45, 2.75) is 5.16 Å². The van der Waals surface area contributed by atoms with E-state index in [1.807, 2.05) is 0 Å². The van der Waals surface area contributed by atoms with Crippen LogP contribution in [0.25, 0.3) is 0 Å². The molecule has 0 bridgehead atoms. The number of rotatable bonds is 3. The number of nitrogens with one attached hydrogen (secondary N) is 1. The van der Waals surface area contributed by atoms with Gasteiger partial charge in [0.05, 0.1) is 0 Å². The minimum Gasteiger partial charge on any atom is -0.265 e. The molecule has 0 radical (unpaired) electrons. The van der Waals surface area contributed by atoms with Gasteiger partial charge in [-0.3, -0.25) is 19.4 Å². The van der Waals surface area contributed by atoms with E-state index in [4.69, 9.17) is 0 Å². The topological polar surface area (TPSA) is 67.8 Å². The molecule has 0 fully saturated rings. The predicted molar refractivity (Wildman–Crippen MR) is 54.7 cm³/mol. The largest absolute Gasteiger partial charge is 0.339 e. The number of aromatic nitrogens is 3. The van der Waals surface area contributed by atoms with Crippen LogP contribution in [0.3, 0.4) is 0 Å². The van der Waals surface area contributed by atoms with E-state index in [2.05, 4.69) is 22.7 Å². The van der Waals surface area contributed by atoms with Crippen molar-refractivity contribution in [3.8, 4) is 0 Å². The van der Waals surface area contributed by atoms with Gasteiger partial charge in [0.1, 0.15) is 0 Å². The number of thioether (sulfide) groups is 1. The highest BCUT2D eigenvalue weighted by molar-refractivity contribution is 7.99. The normalized spacial score (nSPS) is 10.3. The molecule has 1 N–H and O–H groups in total. The van der Waals surface area contributed by atoms with Crippen LogP contribution in [0, 0.1) is 0 Å². The van der Waals surface area contributed by atoms with Crippen LogP contribution >= 0.6 is 24.4 Å². The van der Waals surface area contributed by atoms with Gasteiger partial charge in [-0.1, -0.05) is 11.8 Å². The monoisotopic (exact) mass is 219 g/mol. The van der Waals surface area contributed by atoms with Crippen molar-refractivity contribution in [1.82, 2.24) is 14.8 Å². The Bertz CT molecular complexity index is 398. The molecule has 0 saturated carbocycles. The Morgan fingerprint density at radius 3 is 2.92 bits per heavy atom. The Labute approximate surface area is 84.0 Å². The second-order valence-electron chi connectivity index (χ2n) is 2.27. The van der Waals surface area contributed by atoms with Gasteiger partial charge in [-0.05, 0) is 5.75 Å². The van der Waals surface area contributed by atoms with E-state index in [1.54, 1.807) is 7.05 Å². The average molecular weight is 219 g/mol. The van der Waals surface area contributed by atoms with E-state index in [0.29, 0.717) is 10.9 Å². The van der Waals surface area contributed by atoms with Crippen LogP contribution in [0.5, 0.6) is 0 Å². The molecule has 0 spiro atoms. The van der Waals surface area contributed by atoms with Crippen LogP contribution in [-0.2, 0) is 7.05 Å². The molecule has 7 heteroatoms. The van der Waals surface area contributed by atoms with Gasteiger partial charge in [0.15, 0.2) is 5.16 Å². The molecule has 0 aromatic carbocycles. The third-order valence-corrected chi connectivity index (χ3v) is 2.83. The van der Waals surface area contributed by atoms with Crippen LogP contribution in [0.15, 0.2) is 14.7 Å². The molecule has 0 atom stereocenters. The van der Waals surface area contributed by atoms with E-state index >= 15 is 0 Å². The molecule has 0 aliphatic heterocycles. The first-order chi connectivity index (χ1) is 6.15. The van der Waals surface area contributed by atoms with Gasteiger partial charge in [-0.2, -0.15) is 17.6 Å². The molecule has 0 aliphatic rings. The summed E-state index contributed by atoms with van der Waals surface area (Å²) in [6, 6.07) is 0. The summed E-state index contributed by atoms with van der Waals surface area (Å²) in [6.45, 7) is 0. The van der Waals surface area contributed by atoms with Crippen LogP contribution in [0.4, 0.5) is 0 Å². The number of hydrogen-bond donors (Lipinski definition) is 2. The molecule has 0 unspecified atom stereocenters. The Kier molecular flexibility index (Phi) is 3.61. The first-order valence-electron chi connectivity index (χ1n) is 3.56. The molecule has 72 valence electrons. The van der Waals surface area contributed by atoms with E-state index in [0.717, 1.165) is 5.75 Å². The first kappa shape index (κ1) is 10.4. The fraction of sp³-hybridized carbons (Fsp3) is 0.500. The molecule has 1 heterocycles. The molecule has 5 nitrogen and oxygen atoms in total. The van der Waals surface area contributed by atoms with Gasteiger partial charge in [0.2, 0.25) is 0 Å². The molecule has 1 rings (SSSR count). The lowest BCUT2D eigenvalue weighted by Crippen LogP contribution is -2.33. The fourth-order valence-electron chi connectivity index (χ4n) is 0.727. The zero-order valence-corrected chi connectivity index (χ0v) is 8.69. The third kappa shape index (κ3) is 2.63. The summed E-state index contributed by atoms with van der Waals surface area (Å²) in [5, 5.41) is 2.86. The summed E-state index contributed by atoms with van der Waals surface area (Å²) < 4.78 is 1.43. The van der Waals surface area contributed by atoms with Gasteiger partial charge in [-0.15, -0.1) is 0 Å². The number of hydrogen-bond acceptors (Lipinski definition) is 5. The highest BCUT2D eigenvalue weighted by Gasteiger charge is 2.02. The number of aromatic amines is 1. The number of aryl methyl sites for hydroxylation is 1. The van der Waals surface area contributed by atoms with E-state index in [1.165, 1.54) is 16.4 Å². The summed E-state index contributed by atoms with van der Waals surface area (Å²) in [6.07, 6.45) is 0. The summed E-state index contributed by atoms with van der Waals surface area (Å²) in [4.78, 5) is 25.2. The zero-order chi connectivity index (χ0) is 9.84. The summed E-state index contributed by atoms with van der Waals surface area (Å²) in [7, 11) is 1.63. The maximum absolute atomic E-state index is 10.9. The Balaban J connectivity index is 3.02. The lowest BCUT2D eigenvalue weighted by molar-refractivity contribution is 0.596. The lowest BCUT2D eigenvalue weighted by Gasteiger charge is -2.03. The summed E-state index contributed by atoms with van der Waals surface area (Å²) in [5.74, 6) is 1.44. The van der Waals surface area contributed by atoms with Crippen molar-refractivity contribution in [3.05, 3.63) is 20.7 Å². The van der Waals surface area contributed by atoms with Crippen LogP contribution < -0.4 is 11.1 Å². The van der Waals surface area contributed by atoms with Crippen LogP contribution in [-0.4, -0.2) is 26.3 Å². The van der Waals surface area contributed by atoms with E-state index in [9.17, 15) is 9.59 Å². The fourth-order valence-corrected chi connectivity index (χ4v) is 1.66. The Morgan fingerprint density at radius 1 is 1.62 bits per heavy atom. The van der Waals surface area contributed by atoms with Gasteiger partial charge >= 0.3 is 11.1 Å². The molecule has 1 aromatic rings. The van der Waals surface area contributed by atoms with Crippen LogP contribution in [0.2, 0.25) is 0 Å². The van der Waals surface area contributed by atoms with Crippen LogP contribution in [0.1, 0.15) is 0 Å². The zero-order valence-electron chi connectivity index (χ0n) is 6.98. The molecular formula is C6H9N3O2S2. The second-order valence-corrected chi connectivity index (χ2v) is 3.78. The molecular weight excluding hydrogens is 210 g/mol.